The van der Waals surface area contributed by atoms with Gasteiger partial charge in [0.05, 0.1) is 18.8 Å². The second kappa shape index (κ2) is 5.12. The van der Waals surface area contributed by atoms with Crippen molar-refractivity contribution in [1.82, 2.24) is 4.90 Å². The average molecular weight is 252 g/mol. The molecule has 2 rings (SSSR count). The third-order valence-electron chi connectivity index (χ3n) is 3.34. The van der Waals surface area contributed by atoms with Crippen molar-refractivity contribution in [1.29, 1.82) is 0 Å². The standard InChI is InChI=1S/C11H19F3N2O/c12-11(13,14)7-16(8-1-2-8)6-10-4-3-9(5-15)17-10/h8-10H,1-7,15H2. The van der Waals surface area contributed by atoms with Crippen molar-refractivity contribution in [2.75, 3.05) is 19.6 Å². The molecule has 0 aromatic heterocycles. The Labute approximate surface area is 99.1 Å². The molecule has 0 amide bonds. The summed E-state index contributed by atoms with van der Waals surface area (Å²) in [6.07, 6.45) is -0.714. The molecule has 2 N–H and O–H groups in total. The van der Waals surface area contributed by atoms with E-state index in [2.05, 4.69) is 0 Å². The van der Waals surface area contributed by atoms with E-state index >= 15 is 0 Å². The molecule has 1 aliphatic carbocycles. The van der Waals surface area contributed by atoms with E-state index in [1.807, 2.05) is 0 Å². The molecule has 1 saturated heterocycles. The smallest absolute Gasteiger partial charge is 0.372 e. The minimum absolute atomic E-state index is 0.0342. The van der Waals surface area contributed by atoms with Gasteiger partial charge in [0.15, 0.2) is 0 Å². The van der Waals surface area contributed by atoms with Crippen LogP contribution in [0.4, 0.5) is 13.2 Å². The van der Waals surface area contributed by atoms with E-state index in [4.69, 9.17) is 10.5 Å². The Hall–Kier alpha value is -0.330. The number of nitrogens with zero attached hydrogens (tertiary/aromatic N) is 1. The lowest BCUT2D eigenvalue weighted by Gasteiger charge is -2.26. The van der Waals surface area contributed by atoms with E-state index in [1.165, 1.54) is 4.90 Å². The van der Waals surface area contributed by atoms with E-state index in [0.717, 1.165) is 25.7 Å². The van der Waals surface area contributed by atoms with Crippen molar-refractivity contribution in [3.05, 3.63) is 0 Å². The third kappa shape index (κ3) is 4.12. The van der Waals surface area contributed by atoms with Crippen molar-refractivity contribution < 1.29 is 17.9 Å². The Balaban J connectivity index is 1.81. The van der Waals surface area contributed by atoms with Crippen LogP contribution in [0.1, 0.15) is 25.7 Å². The fraction of sp³-hybridized carbons (Fsp3) is 1.00. The van der Waals surface area contributed by atoms with E-state index in [-0.39, 0.29) is 18.2 Å². The van der Waals surface area contributed by atoms with Crippen molar-refractivity contribution in [2.45, 2.75) is 50.1 Å². The number of nitrogens with two attached hydrogens (primary N) is 1. The molecule has 2 aliphatic rings. The molecule has 100 valence electrons. The fourth-order valence-electron chi connectivity index (χ4n) is 2.36. The molecule has 0 aromatic carbocycles. The minimum atomic E-state index is -4.12. The minimum Gasteiger partial charge on any atom is -0.372 e. The first kappa shape index (κ1) is 13.1. The van der Waals surface area contributed by atoms with Gasteiger partial charge in [-0.05, 0) is 25.7 Å². The van der Waals surface area contributed by atoms with Gasteiger partial charge in [-0.3, -0.25) is 4.90 Å². The van der Waals surface area contributed by atoms with Crippen LogP contribution >= 0.6 is 0 Å². The molecule has 1 saturated carbocycles. The summed E-state index contributed by atoms with van der Waals surface area (Å²) in [7, 11) is 0. The van der Waals surface area contributed by atoms with Crippen LogP contribution in [0.5, 0.6) is 0 Å². The van der Waals surface area contributed by atoms with Gasteiger partial charge < -0.3 is 10.5 Å². The molecular formula is C11H19F3N2O. The Bertz CT molecular complexity index is 256. The van der Waals surface area contributed by atoms with Gasteiger partial charge in [0.25, 0.3) is 0 Å². The van der Waals surface area contributed by atoms with Gasteiger partial charge in [0, 0.05) is 19.1 Å². The highest BCUT2D eigenvalue weighted by Gasteiger charge is 2.39. The van der Waals surface area contributed by atoms with E-state index < -0.39 is 12.7 Å². The van der Waals surface area contributed by atoms with E-state index in [9.17, 15) is 13.2 Å². The molecular weight excluding hydrogens is 233 g/mol. The van der Waals surface area contributed by atoms with Gasteiger partial charge >= 0.3 is 6.18 Å². The molecule has 2 atom stereocenters. The number of rotatable bonds is 5. The van der Waals surface area contributed by atoms with E-state index in [1.54, 1.807) is 0 Å². The van der Waals surface area contributed by atoms with Crippen LogP contribution in [0.15, 0.2) is 0 Å². The monoisotopic (exact) mass is 252 g/mol. The topological polar surface area (TPSA) is 38.5 Å². The second-order valence-electron chi connectivity index (χ2n) is 4.97. The van der Waals surface area contributed by atoms with Crippen LogP contribution in [-0.4, -0.2) is 49.0 Å². The van der Waals surface area contributed by atoms with Gasteiger partial charge in [-0.2, -0.15) is 13.2 Å². The molecule has 1 aliphatic heterocycles. The zero-order valence-electron chi connectivity index (χ0n) is 9.75. The highest BCUT2D eigenvalue weighted by atomic mass is 19.4. The lowest BCUT2D eigenvalue weighted by molar-refractivity contribution is -0.150. The number of halogens is 3. The molecule has 0 aromatic rings. The summed E-state index contributed by atoms with van der Waals surface area (Å²) in [5.74, 6) is 0. The van der Waals surface area contributed by atoms with Gasteiger partial charge in [0.2, 0.25) is 0 Å². The first-order chi connectivity index (χ1) is 7.98. The number of ether oxygens (including phenoxy) is 1. The van der Waals surface area contributed by atoms with Crippen LogP contribution in [0.2, 0.25) is 0 Å². The summed E-state index contributed by atoms with van der Waals surface area (Å²) in [4.78, 5) is 1.52. The van der Waals surface area contributed by atoms with Crippen molar-refractivity contribution in [3.63, 3.8) is 0 Å². The SMILES string of the molecule is NCC1CCC(CN(CC(F)(F)F)C2CC2)O1. The zero-order valence-corrected chi connectivity index (χ0v) is 9.75. The van der Waals surface area contributed by atoms with Crippen LogP contribution in [0.3, 0.4) is 0 Å². The maximum absolute atomic E-state index is 12.4. The number of hydrogen-bond donors (Lipinski definition) is 1. The Morgan fingerprint density at radius 3 is 2.24 bits per heavy atom. The molecule has 6 heteroatoms. The summed E-state index contributed by atoms with van der Waals surface area (Å²) in [5.41, 5.74) is 5.48. The molecule has 0 radical (unpaired) electrons. The molecule has 2 fully saturated rings. The van der Waals surface area contributed by atoms with Crippen LogP contribution in [0, 0.1) is 0 Å². The first-order valence-electron chi connectivity index (χ1n) is 6.14. The molecule has 0 bridgehead atoms. The largest absolute Gasteiger partial charge is 0.401 e. The fourth-order valence-corrected chi connectivity index (χ4v) is 2.36. The quantitative estimate of drug-likeness (QED) is 0.806. The maximum Gasteiger partial charge on any atom is 0.401 e. The number of alkyl halides is 3. The molecule has 2 unspecified atom stereocenters. The summed E-state index contributed by atoms with van der Waals surface area (Å²) < 4.78 is 42.8. The van der Waals surface area contributed by atoms with Crippen molar-refractivity contribution in [3.8, 4) is 0 Å². The van der Waals surface area contributed by atoms with Gasteiger partial charge in [-0.25, -0.2) is 0 Å². The highest BCUT2D eigenvalue weighted by Crippen LogP contribution is 2.31. The average Bonchev–Trinajstić information content (AvgIpc) is 2.97. The molecule has 0 spiro atoms. The third-order valence-corrected chi connectivity index (χ3v) is 3.34. The van der Waals surface area contributed by atoms with Crippen LogP contribution in [0.25, 0.3) is 0 Å². The Morgan fingerprint density at radius 1 is 1.12 bits per heavy atom. The second-order valence-corrected chi connectivity index (χ2v) is 4.97. The summed E-state index contributed by atoms with van der Waals surface area (Å²) in [6, 6.07) is 0.108. The van der Waals surface area contributed by atoms with E-state index in [0.29, 0.717) is 13.1 Å². The Morgan fingerprint density at radius 2 is 1.76 bits per heavy atom. The molecule has 17 heavy (non-hydrogen) atoms. The van der Waals surface area contributed by atoms with Gasteiger partial charge in [-0.1, -0.05) is 0 Å². The van der Waals surface area contributed by atoms with Crippen LogP contribution in [-0.2, 0) is 4.74 Å². The highest BCUT2D eigenvalue weighted by molar-refractivity contribution is 4.88. The first-order valence-corrected chi connectivity index (χ1v) is 6.14. The normalized spacial score (nSPS) is 30.2. The number of hydrogen-bond acceptors (Lipinski definition) is 3. The summed E-state index contributed by atoms with van der Waals surface area (Å²) in [6.45, 7) is 0.0324. The predicted molar refractivity (Wildman–Crippen MR) is 57.6 cm³/mol. The maximum atomic E-state index is 12.4. The predicted octanol–water partition coefficient (Wildman–Crippen LogP) is 1.52. The van der Waals surface area contributed by atoms with Gasteiger partial charge in [0.1, 0.15) is 0 Å². The zero-order chi connectivity index (χ0) is 12.5. The van der Waals surface area contributed by atoms with Gasteiger partial charge in [-0.15, -0.1) is 0 Å². The summed E-state index contributed by atoms with van der Waals surface area (Å²) >= 11 is 0. The summed E-state index contributed by atoms with van der Waals surface area (Å²) in [5, 5.41) is 0. The van der Waals surface area contributed by atoms with Crippen LogP contribution < -0.4 is 5.73 Å². The van der Waals surface area contributed by atoms with Crippen molar-refractivity contribution in [2.24, 2.45) is 5.73 Å². The molecule has 1 heterocycles. The Kier molecular flexibility index (Phi) is 3.95. The lowest BCUT2D eigenvalue weighted by Crippen LogP contribution is -2.41. The van der Waals surface area contributed by atoms with Crippen molar-refractivity contribution >= 4 is 0 Å². The molecule has 3 nitrogen and oxygen atoms in total. The lowest BCUT2D eigenvalue weighted by atomic mass is 10.2.